The van der Waals surface area contributed by atoms with Crippen LogP contribution in [0.4, 0.5) is 13.2 Å². The highest BCUT2D eigenvalue weighted by Crippen LogP contribution is 2.35. The van der Waals surface area contributed by atoms with Crippen molar-refractivity contribution in [3.63, 3.8) is 0 Å². The molecule has 400 valence electrons. The number of carbonyl (C=O) groups is 4. The fourth-order valence-electron chi connectivity index (χ4n) is 6.80. The molecular formula is C49H56F3N17O7. The van der Waals surface area contributed by atoms with Crippen molar-refractivity contribution in [3.8, 4) is 17.2 Å². The van der Waals surface area contributed by atoms with E-state index in [4.69, 9.17) is 22.9 Å². The van der Waals surface area contributed by atoms with Gasteiger partial charge in [-0.25, -0.2) is 0 Å². The third-order valence-electron chi connectivity index (χ3n) is 10.5. The second kappa shape index (κ2) is 25.6. The minimum absolute atomic E-state index is 0.0156. The summed E-state index contributed by atoms with van der Waals surface area (Å²) in [7, 11) is 8.31. The molecule has 76 heavy (non-hydrogen) atoms. The molecule has 0 bridgehead atoms. The molecule has 0 atom stereocenters. The molecule has 19 N–H and O–H groups in total. The third kappa shape index (κ3) is 15.7. The lowest BCUT2D eigenvalue weighted by Gasteiger charge is -2.07. The molecule has 0 aliphatic carbocycles. The number of aromatic hydroxyl groups is 3. The van der Waals surface area contributed by atoms with E-state index < -0.39 is 23.6 Å². The number of fused-ring (bicyclic) bond motifs is 4. The van der Waals surface area contributed by atoms with Crippen LogP contribution >= 0.6 is 0 Å². The molecule has 0 saturated heterocycles. The van der Waals surface area contributed by atoms with Gasteiger partial charge in [0.05, 0.1) is 11.1 Å². The molecule has 24 nitrogen and oxygen atoms in total. The Balaban J connectivity index is 0.000000190. The number of nitrogens with two attached hydrogens (primary N) is 4. The third-order valence-corrected chi connectivity index (χ3v) is 10.5. The van der Waals surface area contributed by atoms with Crippen LogP contribution in [0.15, 0.2) is 117 Å². The van der Waals surface area contributed by atoms with E-state index in [9.17, 15) is 47.7 Å². The van der Waals surface area contributed by atoms with Crippen molar-refractivity contribution >= 4 is 91.1 Å². The number of aliphatic imine (C=N–C) groups is 4. The zero-order valence-corrected chi connectivity index (χ0v) is 41.5. The molecule has 4 aromatic heterocycles. The van der Waals surface area contributed by atoms with E-state index in [1.807, 2.05) is 19.0 Å². The number of alkyl halides is 3. The van der Waals surface area contributed by atoms with E-state index in [1.54, 1.807) is 72.8 Å². The summed E-state index contributed by atoms with van der Waals surface area (Å²) in [5, 5.41) is 40.1. The van der Waals surface area contributed by atoms with E-state index in [0.29, 0.717) is 34.7 Å². The zero-order chi connectivity index (χ0) is 55.9. The molecule has 4 aromatic carbocycles. The molecule has 0 fully saturated rings. The Hall–Kier alpha value is -10.1. The fraction of sp³-hybridized carbons (Fsp3) is 0.184. The van der Waals surface area contributed by atoms with Crippen LogP contribution in [0.1, 0.15) is 53.9 Å². The van der Waals surface area contributed by atoms with Crippen molar-refractivity contribution in [1.82, 2.24) is 46.1 Å². The maximum Gasteiger partial charge on any atom is 0.417 e. The highest BCUT2D eigenvalue weighted by molar-refractivity contribution is 6.09. The van der Waals surface area contributed by atoms with Crippen LogP contribution in [0.2, 0.25) is 0 Å². The number of phenols is 3. The first-order valence-corrected chi connectivity index (χ1v) is 22.5. The predicted molar refractivity (Wildman–Crippen MR) is 285 cm³/mol. The van der Waals surface area contributed by atoms with Gasteiger partial charge in [-0.1, -0.05) is 18.2 Å². The zero-order valence-electron chi connectivity index (χ0n) is 41.5. The molecule has 4 amide bonds. The van der Waals surface area contributed by atoms with E-state index in [-0.39, 0.29) is 69.5 Å². The summed E-state index contributed by atoms with van der Waals surface area (Å²) < 4.78 is 39.0. The Bertz CT molecular complexity index is 3390. The number of nitrogens with zero attached hydrogens (tertiary/aromatic N) is 5. The number of H-pyrrole nitrogens is 4. The molecule has 8 aromatic rings. The average molecular weight is 1050 g/mol. The molecule has 8 rings (SSSR count). The summed E-state index contributed by atoms with van der Waals surface area (Å²) in [6.07, 6.45) is -3.73. The van der Waals surface area contributed by atoms with E-state index >= 15 is 0 Å². The average Bonchev–Trinajstić information content (AvgIpc) is 4.20. The molecule has 0 radical (unpaired) electrons. The maximum atomic E-state index is 13.0. The largest absolute Gasteiger partial charge is 0.508 e. The van der Waals surface area contributed by atoms with Gasteiger partial charge in [0.15, 0.2) is 23.8 Å². The number of aromatic amines is 4. The van der Waals surface area contributed by atoms with Gasteiger partial charge in [0.1, 0.15) is 40.0 Å². The van der Waals surface area contributed by atoms with Crippen molar-refractivity contribution < 1.29 is 47.7 Å². The monoisotopic (exact) mass is 1050 g/mol. The minimum Gasteiger partial charge on any atom is -0.508 e. The number of carbonyl (C=O) groups excluding carboxylic acids is 4. The van der Waals surface area contributed by atoms with Crippen LogP contribution in [0.5, 0.6) is 17.2 Å². The number of rotatable bonds is 8. The second-order valence-corrected chi connectivity index (χ2v) is 16.3. The first kappa shape index (κ1) is 56.9. The summed E-state index contributed by atoms with van der Waals surface area (Å²) in [5.41, 5.74) is 24.2. The summed E-state index contributed by atoms with van der Waals surface area (Å²) in [5.74, 6) is -1.32. The summed E-state index contributed by atoms with van der Waals surface area (Å²) in [4.78, 5) is 75.4. The molecule has 0 aliphatic heterocycles. The number of guanidine groups is 4. The molecule has 0 aliphatic rings. The van der Waals surface area contributed by atoms with Gasteiger partial charge in [0.2, 0.25) is 0 Å². The first-order chi connectivity index (χ1) is 36.0. The van der Waals surface area contributed by atoms with E-state index in [1.165, 1.54) is 33.3 Å². The van der Waals surface area contributed by atoms with Crippen molar-refractivity contribution in [2.75, 3.05) is 48.3 Å². The van der Waals surface area contributed by atoms with Gasteiger partial charge in [-0.2, -0.15) is 13.2 Å². The quantitative estimate of drug-likeness (QED) is 0.0587. The van der Waals surface area contributed by atoms with Crippen molar-refractivity contribution in [2.24, 2.45) is 42.9 Å². The SMILES string of the molecule is CN(C)CCCN=C(N)NC(=O)c1cc2c(C(F)(F)F)cccc2[nH]1.CN=C(N)NC(=O)c1cc2cc(O)ccc2[nH]1.CN=C(N)NC(=O)c1cc2ccc(O)cc2[nH]1.CN=C(N)NC(=O)c1cc2cccc(O)c2[nH]1. The Kier molecular flexibility index (Phi) is 19.1. The number of halogens is 3. The summed E-state index contributed by atoms with van der Waals surface area (Å²) in [6, 6.07) is 24.5. The van der Waals surface area contributed by atoms with Gasteiger partial charge in [-0.05, 0) is 99.9 Å². The van der Waals surface area contributed by atoms with Crippen LogP contribution < -0.4 is 44.2 Å². The van der Waals surface area contributed by atoms with Gasteiger partial charge in [-0.15, -0.1) is 0 Å². The van der Waals surface area contributed by atoms with Crippen molar-refractivity contribution in [2.45, 2.75) is 12.6 Å². The highest BCUT2D eigenvalue weighted by atomic mass is 19.4. The lowest BCUT2D eigenvalue weighted by molar-refractivity contribution is -0.136. The predicted octanol–water partition coefficient (Wildman–Crippen LogP) is 3.83. The Morgan fingerprint density at radius 3 is 1.61 bits per heavy atom. The number of aromatic nitrogens is 4. The standard InChI is InChI=1S/C16H20F3N5O.3C11H12N4O2/c1-24(2)8-4-7-21-15(20)23-14(25)13-9-10-11(16(17,18)19)5-3-6-12(10)22-13;1-13-11(12)15-10(17)9-5-6-4-7(16)2-3-8(6)14-9;1-13-11(12)15-10(17)9-4-6-2-3-7(16)5-8(6)14-9;1-13-11(12)15-10(17)7-5-6-3-2-4-8(16)9(6)14-7/h3,5-6,9,22H,4,7-8H2,1-2H3,(H3,20,21,23,25);3*2-5,14,16H,1H3,(H3,12,13,15,17). The number of hydrogen-bond donors (Lipinski definition) is 15. The Morgan fingerprint density at radius 1 is 0.553 bits per heavy atom. The number of benzene rings is 4. The Labute approximate surface area is 430 Å². The molecule has 4 heterocycles. The lowest BCUT2D eigenvalue weighted by atomic mass is 10.1. The molecule has 27 heteroatoms. The van der Waals surface area contributed by atoms with Gasteiger partial charge >= 0.3 is 6.18 Å². The second-order valence-electron chi connectivity index (χ2n) is 16.3. The van der Waals surface area contributed by atoms with Gasteiger partial charge in [0, 0.05) is 71.8 Å². The number of para-hydroxylation sites is 1. The fourth-order valence-corrected chi connectivity index (χ4v) is 6.80. The molecule has 0 spiro atoms. The van der Waals surface area contributed by atoms with E-state index in [0.717, 1.165) is 46.8 Å². The normalized spacial score (nSPS) is 12.1. The number of phenolic OH excluding ortho intramolecular Hbond substituents is 3. The van der Waals surface area contributed by atoms with Gasteiger partial charge in [-0.3, -0.25) is 60.4 Å². The van der Waals surface area contributed by atoms with Crippen molar-refractivity contribution in [1.29, 1.82) is 0 Å². The van der Waals surface area contributed by atoms with Gasteiger partial charge < -0.3 is 63.1 Å². The minimum atomic E-state index is -4.50. The summed E-state index contributed by atoms with van der Waals surface area (Å²) in [6.45, 7) is 1.27. The Morgan fingerprint density at radius 2 is 1.04 bits per heavy atom. The highest BCUT2D eigenvalue weighted by Gasteiger charge is 2.33. The number of hydrogen-bond acceptors (Lipinski definition) is 12. The maximum absolute atomic E-state index is 13.0. The number of nitrogens with one attached hydrogen (secondary N) is 8. The van der Waals surface area contributed by atoms with Gasteiger partial charge in [0.25, 0.3) is 23.6 Å². The molecule has 0 unspecified atom stereocenters. The van der Waals surface area contributed by atoms with E-state index in [2.05, 4.69) is 61.2 Å². The van der Waals surface area contributed by atoms with Crippen LogP contribution in [-0.2, 0) is 6.18 Å². The number of amides is 4. The first-order valence-electron chi connectivity index (χ1n) is 22.5. The van der Waals surface area contributed by atoms with Crippen LogP contribution in [0.3, 0.4) is 0 Å². The van der Waals surface area contributed by atoms with Crippen molar-refractivity contribution in [3.05, 3.63) is 125 Å². The topological polar surface area (TPSA) is 397 Å². The molecular weight excluding hydrogens is 996 g/mol. The van der Waals surface area contributed by atoms with Crippen LogP contribution in [0, 0.1) is 0 Å². The summed E-state index contributed by atoms with van der Waals surface area (Å²) >= 11 is 0. The van der Waals surface area contributed by atoms with Crippen LogP contribution in [-0.4, -0.2) is 136 Å². The lowest BCUT2D eigenvalue weighted by Crippen LogP contribution is -2.37. The molecule has 0 saturated carbocycles. The van der Waals surface area contributed by atoms with Crippen LogP contribution in [0.25, 0.3) is 43.6 Å². The smallest absolute Gasteiger partial charge is 0.417 e.